The normalized spacial score (nSPS) is 13.5. The third-order valence-electron chi connectivity index (χ3n) is 7.29. The SMILES string of the molecule is CCCCCCCCCCCCCCCCCCCC(=O)NCCOP(=O)(O)OCC(O)COC(=O)CCCCCC. The van der Waals surface area contributed by atoms with E-state index in [1.54, 1.807) is 0 Å². The van der Waals surface area contributed by atoms with Gasteiger partial charge < -0.3 is 20.1 Å². The Bertz CT molecular complexity index is 679. The number of amides is 1. The molecule has 0 bridgehead atoms. The Labute approximate surface area is 256 Å². The first-order valence-corrected chi connectivity index (χ1v) is 18.5. The molecule has 0 aliphatic heterocycles. The van der Waals surface area contributed by atoms with Crippen molar-refractivity contribution >= 4 is 19.7 Å². The van der Waals surface area contributed by atoms with Gasteiger partial charge in [0.1, 0.15) is 12.7 Å². The first-order valence-electron chi connectivity index (χ1n) is 17.0. The van der Waals surface area contributed by atoms with Crippen LogP contribution in [0.2, 0.25) is 0 Å². The van der Waals surface area contributed by atoms with Crippen molar-refractivity contribution in [3.8, 4) is 0 Å². The molecule has 0 heterocycles. The van der Waals surface area contributed by atoms with Gasteiger partial charge in [-0.2, -0.15) is 0 Å². The fourth-order valence-electron chi connectivity index (χ4n) is 4.67. The van der Waals surface area contributed by atoms with E-state index in [-0.39, 0.29) is 32.1 Å². The highest BCUT2D eigenvalue weighted by atomic mass is 31.2. The van der Waals surface area contributed by atoms with Gasteiger partial charge in [0.15, 0.2) is 0 Å². The Morgan fingerprint density at radius 1 is 0.643 bits per heavy atom. The standard InChI is InChI=1S/C32H64NO8P/c1-3-5-7-9-10-11-12-13-14-15-16-17-18-19-20-21-22-24-31(35)33-26-27-40-42(37,38)41-29-30(34)28-39-32(36)25-23-8-6-4-2/h30,34H,3-29H2,1-2H3,(H,33,35)(H,37,38). The van der Waals surface area contributed by atoms with E-state index in [1.165, 1.54) is 89.9 Å². The summed E-state index contributed by atoms with van der Waals surface area (Å²) in [4.78, 5) is 33.3. The maximum absolute atomic E-state index is 12.0. The molecule has 3 N–H and O–H groups in total. The molecule has 250 valence electrons. The number of phosphoric acid groups is 1. The number of rotatable bonds is 32. The van der Waals surface area contributed by atoms with E-state index in [0.29, 0.717) is 6.42 Å². The number of carbonyl (C=O) groups excluding carboxylic acids is 2. The fraction of sp³-hybridized carbons (Fsp3) is 0.938. The number of hydrogen-bond donors (Lipinski definition) is 3. The van der Waals surface area contributed by atoms with Gasteiger partial charge in [-0.05, 0) is 12.8 Å². The number of hydrogen-bond acceptors (Lipinski definition) is 7. The maximum atomic E-state index is 12.0. The molecule has 10 heteroatoms. The van der Waals surface area contributed by atoms with Crippen LogP contribution in [-0.4, -0.2) is 54.3 Å². The molecule has 2 atom stereocenters. The Morgan fingerprint density at radius 3 is 1.57 bits per heavy atom. The van der Waals surface area contributed by atoms with Crippen molar-refractivity contribution in [3.63, 3.8) is 0 Å². The number of esters is 1. The van der Waals surface area contributed by atoms with Gasteiger partial charge in [-0.15, -0.1) is 0 Å². The predicted octanol–water partition coefficient (Wildman–Crippen LogP) is 8.15. The summed E-state index contributed by atoms with van der Waals surface area (Å²) < 4.78 is 26.4. The van der Waals surface area contributed by atoms with Crippen LogP contribution in [0.3, 0.4) is 0 Å². The smallest absolute Gasteiger partial charge is 0.463 e. The third-order valence-corrected chi connectivity index (χ3v) is 8.27. The van der Waals surface area contributed by atoms with Crippen molar-refractivity contribution in [1.29, 1.82) is 0 Å². The van der Waals surface area contributed by atoms with Gasteiger partial charge in [-0.3, -0.25) is 18.6 Å². The number of ether oxygens (including phenoxy) is 1. The van der Waals surface area contributed by atoms with Gasteiger partial charge in [-0.1, -0.05) is 136 Å². The van der Waals surface area contributed by atoms with Crippen molar-refractivity contribution in [2.75, 3.05) is 26.4 Å². The van der Waals surface area contributed by atoms with Gasteiger partial charge in [0.2, 0.25) is 5.91 Å². The second-order valence-corrected chi connectivity index (χ2v) is 13.0. The Kier molecular flexibility index (Phi) is 29.3. The zero-order valence-corrected chi connectivity index (χ0v) is 27.9. The van der Waals surface area contributed by atoms with E-state index in [1.807, 2.05) is 0 Å². The van der Waals surface area contributed by atoms with Crippen LogP contribution in [0.5, 0.6) is 0 Å². The summed E-state index contributed by atoms with van der Waals surface area (Å²) in [6, 6.07) is 0. The average molecular weight is 622 g/mol. The molecular weight excluding hydrogens is 557 g/mol. The van der Waals surface area contributed by atoms with Crippen molar-refractivity contribution in [1.82, 2.24) is 5.32 Å². The second-order valence-electron chi connectivity index (χ2n) is 11.5. The minimum atomic E-state index is -4.39. The lowest BCUT2D eigenvalue weighted by atomic mass is 10.0. The van der Waals surface area contributed by atoms with E-state index in [2.05, 4.69) is 19.2 Å². The van der Waals surface area contributed by atoms with Crippen LogP contribution in [0, 0.1) is 0 Å². The molecule has 2 unspecified atom stereocenters. The molecule has 9 nitrogen and oxygen atoms in total. The van der Waals surface area contributed by atoms with Crippen LogP contribution in [0.4, 0.5) is 0 Å². The van der Waals surface area contributed by atoms with Gasteiger partial charge in [0.25, 0.3) is 0 Å². The molecule has 0 radical (unpaired) electrons. The number of unbranched alkanes of at least 4 members (excludes halogenated alkanes) is 19. The molecule has 0 aromatic rings. The van der Waals surface area contributed by atoms with Crippen LogP contribution >= 0.6 is 7.82 Å². The molecule has 0 saturated carbocycles. The van der Waals surface area contributed by atoms with Crippen LogP contribution in [-0.2, 0) is 27.9 Å². The summed E-state index contributed by atoms with van der Waals surface area (Å²) in [5.41, 5.74) is 0. The molecule has 1 amide bonds. The molecule has 0 aromatic carbocycles. The summed E-state index contributed by atoms with van der Waals surface area (Å²) in [5, 5.41) is 12.5. The van der Waals surface area contributed by atoms with Crippen molar-refractivity contribution < 1.29 is 37.9 Å². The Morgan fingerprint density at radius 2 is 1.07 bits per heavy atom. The number of carbonyl (C=O) groups is 2. The lowest BCUT2D eigenvalue weighted by Gasteiger charge is -2.15. The lowest BCUT2D eigenvalue weighted by Crippen LogP contribution is -2.27. The minimum absolute atomic E-state index is 0.0872. The Balaban J connectivity index is 3.53. The first-order chi connectivity index (χ1) is 20.3. The highest BCUT2D eigenvalue weighted by molar-refractivity contribution is 7.47. The van der Waals surface area contributed by atoms with Crippen LogP contribution < -0.4 is 5.32 Å². The molecule has 0 fully saturated rings. The summed E-state index contributed by atoms with van der Waals surface area (Å²) >= 11 is 0. The van der Waals surface area contributed by atoms with Crippen LogP contribution in [0.1, 0.15) is 162 Å². The molecule has 0 aromatic heterocycles. The number of aliphatic hydroxyl groups is 1. The summed E-state index contributed by atoms with van der Waals surface area (Å²) in [6.45, 7) is 3.41. The maximum Gasteiger partial charge on any atom is 0.472 e. The molecule has 0 aliphatic carbocycles. The third kappa shape index (κ3) is 30.5. The summed E-state index contributed by atoms with van der Waals surface area (Å²) in [7, 11) is -4.39. The van der Waals surface area contributed by atoms with Gasteiger partial charge in [0, 0.05) is 19.4 Å². The minimum Gasteiger partial charge on any atom is -0.463 e. The lowest BCUT2D eigenvalue weighted by molar-refractivity contribution is -0.147. The number of phosphoric ester groups is 1. The van der Waals surface area contributed by atoms with Crippen LogP contribution in [0.15, 0.2) is 0 Å². The van der Waals surface area contributed by atoms with E-state index in [4.69, 9.17) is 13.8 Å². The van der Waals surface area contributed by atoms with E-state index < -0.39 is 26.5 Å². The number of aliphatic hydroxyl groups excluding tert-OH is 1. The zero-order chi connectivity index (χ0) is 31.2. The highest BCUT2D eigenvalue weighted by Crippen LogP contribution is 2.42. The Hall–Kier alpha value is -0.990. The second kappa shape index (κ2) is 30.1. The summed E-state index contributed by atoms with van der Waals surface area (Å²) in [5.74, 6) is -0.528. The average Bonchev–Trinajstić information content (AvgIpc) is 2.97. The molecule has 0 rings (SSSR count). The zero-order valence-electron chi connectivity index (χ0n) is 27.0. The van der Waals surface area contributed by atoms with Crippen LogP contribution in [0.25, 0.3) is 0 Å². The number of nitrogens with one attached hydrogen (secondary N) is 1. The largest absolute Gasteiger partial charge is 0.472 e. The van der Waals surface area contributed by atoms with Gasteiger partial charge in [0.05, 0.1) is 13.2 Å². The van der Waals surface area contributed by atoms with Crippen molar-refractivity contribution in [2.24, 2.45) is 0 Å². The molecule has 0 spiro atoms. The topological polar surface area (TPSA) is 131 Å². The highest BCUT2D eigenvalue weighted by Gasteiger charge is 2.23. The van der Waals surface area contributed by atoms with Gasteiger partial charge in [-0.25, -0.2) is 4.57 Å². The molecular formula is C32H64NO8P. The van der Waals surface area contributed by atoms with E-state index in [9.17, 15) is 24.2 Å². The van der Waals surface area contributed by atoms with Gasteiger partial charge >= 0.3 is 13.8 Å². The molecule has 42 heavy (non-hydrogen) atoms. The van der Waals surface area contributed by atoms with Crippen molar-refractivity contribution in [3.05, 3.63) is 0 Å². The quantitative estimate of drug-likeness (QED) is 0.0390. The molecule has 0 saturated heterocycles. The van der Waals surface area contributed by atoms with E-state index in [0.717, 1.165) is 44.9 Å². The molecule has 0 aliphatic rings. The first kappa shape index (κ1) is 41.0. The van der Waals surface area contributed by atoms with Crippen molar-refractivity contribution in [2.45, 2.75) is 168 Å². The fourth-order valence-corrected chi connectivity index (χ4v) is 5.43. The summed E-state index contributed by atoms with van der Waals surface area (Å²) in [6.07, 6.45) is 25.3. The van der Waals surface area contributed by atoms with E-state index >= 15 is 0 Å². The monoisotopic (exact) mass is 621 g/mol. The predicted molar refractivity (Wildman–Crippen MR) is 169 cm³/mol.